The molecule has 0 atom stereocenters. The Labute approximate surface area is 187 Å². The number of carbonyl (C=O) groups excluding carboxylic acids is 2. The van der Waals surface area contributed by atoms with Crippen LogP contribution in [0.2, 0.25) is 10.0 Å². The van der Waals surface area contributed by atoms with Gasteiger partial charge in [-0.05, 0) is 44.2 Å². The van der Waals surface area contributed by atoms with Crippen LogP contribution in [0.15, 0.2) is 36.4 Å². The summed E-state index contributed by atoms with van der Waals surface area (Å²) in [7, 11) is 0. The first-order valence-corrected chi connectivity index (χ1v) is 10.1. The standard InChI is InChI=1S/C21H18Cl2N2O6/c1-3-29-13-7-5-12(6-8-13)20(26)31-11-17-19(21(27)30-4-2)25(28)18-10-15(23)14(22)9-16(18)24-17/h5-10H,3-4,11H2,1-2H3. The number of carbonyl (C=O) groups is 2. The average molecular weight is 465 g/mol. The minimum absolute atomic E-state index is 0.0269. The molecule has 1 heterocycles. The molecule has 0 N–H and O–H groups in total. The lowest BCUT2D eigenvalue weighted by molar-refractivity contribution is -0.581. The third-order valence-electron chi connectivity index (χ3n) is 4.18. The molecule has 162 valence electrons. The summed E-state index contributed by atoms with van der Waals surface area (Å²) in [5.41, 5.74) is 0.0150. The van der Waals surface area contributed by atoms with Crippen LogP contribution in [-0.2, 0) is 16.1 Å². The van der Waals surface area contributed by atoms with E-state index in [0.717, 1.165) is 0 Å². The lowest BCUT2D eigenvalue weighted by Gasteiger charge is -2.12. The molecule has 8 nitrogen and oxygen atoms in total. The van der Waals surface area contributed by atoms with Crippen molar-refractivity contribution in [1.29, 1.82) is 0 Å². The predicted molar refractivity (Wildman–Crippen MR) is 113 cm³/mol. The third-order valence-corrected chi connectivity index (χ3v) is 4.90. The largest absolute Gasteiger partial charge is 0.618 e. The van der Waals surface area contributed by atoms with Crippen molar-refractivity contribution >= 4 is 46.2 Å². The first kappa shape index (κ1) is 22.6. The summed E-state index contributed by atoms with van der Waals surface area (Å²) >= 11 is 12.0. The Bertz CT molecular complexity index is 1140. The van der Waals surface area contributed by atoms with Crippen LogP contribution in [0.4, 0.5) is 0 Å². The van der Waals surface area contributed by atoms with Crippen LogP contribution in [-0.4, -0.2) is 30.1 Å². The van der Waals surface area contributed by atoms with Crippen molar-refractivity contribution in [3.63, 3.8) is 0 Å². The molecule has 2 aromatic carbocycles. The van der Waals surface area contributed by atoms with Gasteiger partial charge in [-0.25, -0.2) is 14.6 Å². The summed E-state index contributed by atoms with van der Waals surface area (Å²) in [6.07, 6.45) is 0. The van der Waals surface area contributed by atoms with Gasteiger partial charge in [0.1, 0.15) is 17.9 Å². The number of rotatable bonds is 7. The summed E-state index contributed by atoms with van der Waals surface area (Å²) in [6.45, 7) is 3.56. The smallest absolute Gasteiger partial charge is 0.407 e. The van der Waals surface area contributed by atoms with Gasteiger partial charge in [0, 0.05) is 6.07 Å². The highest BCUT2D eigenvalue weighted by molar-refractivity contribution is 6.42. The van der Waals surface area contributed by atoms with E-state index in [-0.39, 0.29) is 38.9 Å². The lowest BCUT2D eigenvalue weighted by atomic mass is 10.2. The van der Waals surface area contributed by atoms with Crippen molar-refractivity contribution in [2.75, 3.05) is 13.2 Å². The Kier molecular flexibility index (Phi) is 7.14. The SMILES string of the molecule is CCOC(=O)c1c(COC(=O)c2ccc(OCC)cc2)nc2cc(Cl)c(Cl)cc2[n+]1[O-]. The zero-order chi connectivity index (χ0) is 22.5. The van der Waals surface area contributed by atoms with Crippen molar-refractivity contribution in [2.45, 2.75) is 20.5 Å². The van der Waals surface area contributed by atoms with Gasteiger partial charge in [-0.1, -0.05) is 23.2 Å². The minimum Gasteiger partial charge on any atom is -0.618 e. The number of nitrogens with zero attached hydrogens (tertiary/aromatic N) is 2. The van der Waals surface area contributed by atoms with E-state index in [4.69, 9.17) is 37.4 Å². The number of halogens is 2. The molecule has 10 heteroatoms. The van der Waals surface area contributed by atoms with E-state index in [2.05, 4.69) is 4.98 Å². The average Bonchev–Trinajstić information content (AvgIpc) is 2.74. The van der Waals surface area contributed by atoms with Gasteiger partial charge in [-0.3, -0.25) is 0 Å². The Hall–Kier alpha value is -3.10. The van der Waals surface area contributed by atoms with Gasteiger partial charge in [0.05, 0.1) is 28.8 Å². The molecule has 0 saturated heterocycles. The van der Waals surface area contributed by atoms with Gasteiger partial charge >= 0.3 is 17.6 Å². The number of hydrogen-bond acceptors (Lipinski definition) is 7. The van der Waals surface area contributed by atoms with Crippen molar-refractivity contribution < 1.29 is 28.5 Å². The van der Waals surface area contributed by atoms with Crippen LogP contribution in [0.25, 0.3) is 11.0 Å². The number of hydrogen-bond donors (Lipinski definition) is 0. The van der Waals surface area contributed by atoms with E-state index >= 15 is 0 Å². The highest BCUT2D eigenvalue weighted by atomic mass is 35.5. The van der Waals surface area contributed by atoms with E-state index in [1.807, 2.05) is 6.92 Å². The van der Waals surface area contributed by atoms with Gasteiger partial charge in [0.25, 0.3) is 0 Å². The van der Waals surface area contributed by atoms with Gasteiger partial charge in [0.2, 0.25) is 5.52 Å². The van der Waals surface area contributed by atoms with Gasteiger partial charge in [-0.15, -0.1) is 0 Å². The molecule has 31 heavy (non-hydrogen) atoms. The molecule has 0 aliphatic heterocycles. The van der Waals surface area contributed by atoms with E-state index in [1.54, 1.807) is 31.2 Å². The Morgan fingerprint density at radius 1 is 1.00 bits per heavy atom. The summed E-state index contributed by atoms with van der Waals surface area (Å²) < 4.78 is 15.9. The second kappa shape index (κ2) is 9.80. The molecule has 3 aromatic rings. The van der Waals surface area contributed by atoms with Crippen molar-refractivity contribution in [3.05, 3.63) is 68.6 Å². The van der Waals surface area contributed by atoms with Crippen molar-refractivity contribution in [1.82, 2.24) is 4.98 Å². The number of benzene rings is 2. The predicted octanol–water partition coefficient (Wildman–Crippen LogP) is 4.11. The van der Waals surface area contributed by atoms with Crippen LogP contribution >= 0.6 is 23.2 Å². The fourth-order valence-corrected chi connectivity index (χ4v) is 3.10. The number of fused-ring (bicyclic) bond motifs is 1. The first-order valence-electron chi connectivity index (χ1n) is 9.34. The topological polar surface area (TPSA) is 102 Å². The van der Waals surface area contributed by atoms with E-state index in [9.17, 15) is 14.8 Å². The van der Waals surface area contributed by atoms with Crippen molar-refractivity contribution in [3.8, 4) is 5.75 Å². The molecular weight excluding hydrogens is 447 g/mol. The molecule has 0 saturated carbocycles. The maximum atomic E-state index is 12.9. The van der Waals surface area contributed by atoms with Crippen LogP contribution in [0, 0.1) is 5.21 Å². The zero-order valence-corrected chi connectivity index (χ0v) is 18.2. The highest BCUT2D eigenvalue weighted by Gasteiger charge is 2.29. The highest BCUT2D eigenvalue weighted by Crippen LogP contribution is 2.26. The molecule has 0 radical (unpaired) electrons. The molecule has 0 spiro atoms. The minimum atomic E-state index is -0.898. The Morgan fingerprint density at radius 2 is 1.68 bits per heavy atom. The van der Waals surface area contributed by atoms with Crippen LogP contribution in [0.1, 0.15) is 40.4 Å². The zero-order valence-electron chi connectivity index (χ0n) is 16.7. The van der Waals surface area contributed by atoms with Crippen LogP contribution in [0.3, 0.4) is 0 Å². The number of esters is 2. The fourth-order valence-electron chi connectivity index (χ4n) is 2.79. The first-order chi connectivity index (χ1) is 14.8. The van der Waals surface area contributed by atoms with E-state index in [0.29, 0.717) is 17.1 Å². The maximum absolute atomic E-state index is 12.9. The van der Waals surface area contributed by atoms with Crippen LogP contribution < -0.4 is 9.47 Å². The van der Waals surface area contributed by atoms with Crippen molar-refractivity contribution in [2.24, 2.45) is 0 Å². The molecule has 3 rings (SSSR count). The number of aromatic nitrogens is 2. The van der Waals surface area contributed by atoms with E-state index in [1.165, 1.54) is 12.1 Å². The summed E-state index contributed by atoms with van der Waals surface area (Å²) in [4.78, 5) is 29.1. The van der Waals surface area contributed by atoms with E-state index < -0.39 is 24.2 Å². The molecule has 0 bridgehead atoms. The van der Waals surface area contributed by atoms with Gasteiger partial charge in [-0.2, -0.15) is 4.73 Å². The fraction of sp³-hybridized carbons (Fsp3) is 0.238. The number of ether oxygens (including phenoxy) is 3. The molecule has 0 amide bonds. The summed E-state index contributed by atoms with van der Waals surface area (Å²) in [5, 5.41) is 13.2. The maximum Gasteiger partial charge on any atom is 0.407 e. The Balaban J connectivity index is 1.93. The lowest BCUT2D eigenvalue weighted by Crippen LogP contribution is -2.39. The molecular formula is C21H18Cl2N2O6. The summed E-state index contributed by atoms with van der Waals surface area (Å²) in [6, 6.07) is 9.05. The second-order valence-corrected chi connectivity index (χ2v) is 7.02. The van der Waals surface area contributed by atoms with Gasteiger partial charge < -0.3 is 19.4 Å². The molecule has 1 aromatic heterocycles. The molecule has 0 aliphatic carbocycles. The Morgan fingerprint density at radius 3 is 2.32 bits per heavy atom. The normalized spacial score (nSPS) is 10.7. The quantitative estimate of drug-likeness (QED) is 0.294. The van der Waals surface area contributed by atoms with Crippen LogP contribution in [0.5, 0.6) is 5.75 Å². The molecule has 0 fully saturated rings. The summed E-state index contributed by atoms with van der Waals surface area (Å²) in [5.74, 6) is -0.945. The second-order valence-electron chi connectivity index (χ2n) is 6.21. The van der Waals surface area contributed by atoms with Gasteiger partial charge in [0.15, 0.2) is 5.69 Å². The monoisotopic (exact) mass is 464 g/mol. The third kappa shape index (κ3) is 4.98. The molecule has 0 unspecified atom stereocenters. The molecule has 0 aliphatic rings.